The minimum atomic E-state index is -0.948. The molecule has 0 radical (unpaired) electrons. The molecule has 1 aromatic rings. The lowest BCUT2D eigenvalue weighted by Crippen LogP contribution is -2.02. The van der Waals surface area contributed by atoms with Gasteiger partial charge in [0.25, 0.3) is 0 Å². The molecule has 0 unspecified atom stereocenters. The van der Waals surface area contributed by atoms with Gasteiger partial charge >= 0.3 is 11.8 Å². The predicted octanol–water partition coefficient (Wildman–Crippen LogP) is 0.266. The number of hydrogen-bond donors (Lipinski definition) is 1. The summed E-state index contributed by atoms with van der Waals surface area (Å²) in [6.45, 7) is 0.191. The molecule has 0 aliphatic carbocycles. The second kappa shape index (κ2) is 3.65. The number of aryl methyl sites for hydroxylation is 1. The van der Waals surface area contributed by atoms with Crippen LogP contribution in [0.4, 0.5) is 5.82 Å². The van der Waals surface area contributed by atoms with Gasteiger partial charge in [-0.2, -0.15) is 0 Å². The van der Waals surface area contributed by atoms with E-state index in [1.165, 1.54) is 17.1 Å². The Morgan fingerprint density at radius 3 is 2.92 bits per heavy atom. The van der Waals surface area contributed by atoms with Gasteiger partial charge in [-0.15, -0.1) is 0 Å². The number of carboxylic acid groups (broad SMARTS) is 1. The van der Waals surface area contributed by atoms with E-state index in [2.05, 4.69) is 4.98 Å². The lowest BCUT2D eigenvalue weighted by Gasteiger charge is -1.93. The Bertz CT molecular complexity index is 332. The summed E-state index contributed by atoms with van der Waals surface area (Å²) in [4.78, 5) is 23.1. The van der Waals surface area contributed by atoms with Crippen LogP contribution < -0.4 is 0 Å². The third kappa shape index (κ3) is 2.55. The van der Waals surface area contributed by atoms with Crippen LogP contribution in [-0.4, -0.2) is 25.6 Å². The molecule has 0 saturated carbocycles. The fraction of sp³-hybridized carbons (Fsp3) is 0.333. The van der Waals surface area contributed by atoms with Crippen LogP contribution >= 0.6 is 0 Å². The van der Waals surface area contributed by atoms with Crippen LogP contribution in [0.1, 0.15) is 6.42 Å². The molecule has 1 heterocycles. The molecule has 1 aromatic heterocycles. The van der Waals surface area contributed by atoms with Crippen LogP contribution in [0.3, 0.4) is 0 Å². The molecule has 0 fully saturated rings. The third-order valence-corrected chi connectivity index (χ3v) is 1.39. The van der Waals surface area contributed by atoms with Gasteiger partial charge in [-0.1, -0.05) is 0 Å². The number of nitrogens with zero attached hydrogens (tertiary/aromatic N) is 3. The second-order valence-electron chi connectivity index (χ2n) is 2.37. The zero-order valence-electron chi connectivity index (χ0n) is 6.58. The van der Waals surface area contributed by atoms with Crippen molar-refractivity contribution in [3.8, 4) is 0 Å². The van der Waals surface area contributed by atoms with Crippen LogP contribution in [0.15, 0.2) is 12.5 Å². The van der Waals surface area contributed by atoms with Crippen molar-refractivity contribution in [2.45, 2.75) is 13.0 Å². The number of carboxylic acids is 1. The van der Waals surface area contributed by atoms with E-state index < -0.39 is 10.9 Å². The van der Waals surface area contributed by atoms with Crippen molar-refractivity contribution in [2.75, 3.05) is 0 Å². The monoisotopic (exact) mass is 185 g/mol. The molecule has 0 amide bonds. The molecule has 0 spiro atoms. The smallest absolute Gasteiger partial charge is 0.381 e. The van der Waals surface area contributed by atoms with Crippen LogP contribution in [0.5, 0.6) is 0 Å². The van der Waals surface area contributed by atoms with Gasteiger partial charge in [-0.05, 0) is 9.91 Å². The average Bonchev–Trinajstić information content (AvgIpc) is 2.48. The van der Waals surface area contributed by atoms with E-state index in [-0.39, 0.29) is 18.8 Å². The summed E-state index contributed by atoms with van der Waals surface area (Å²) >= 11 is 0. The molecule has 0 atom stereocenters. The zero-order valence-corrected chi connectivity index (χ0v) is 6.58. The predicted molar refractivity (Wildman–Crippen MR) is 41.1 cm³/mol. The lowest BCUT2D eigenvalue weighted by atomic mass is 10.4. The van der Waals surface area contributed by atoms with Crippen LogP contribution in [-0.2, 0) is 11.3 Å². The van der Waals surface area contributed by atoms with Crippen molar-refractivity contribution in [2.24, 2.45) is 0 Å². The summed E-state index contributed by atoms with van der Waals surface area (Å²) in [5.41, 5.74) is 0. The molecule has 0 aliphatic rings. The van der Waals surface area contributed by atoms with Gasteiger partial charge in [-0.25, -0.2) is 0 Å². The Balaban J connectivity index is 2.59. The summed E-state index contributed by atoms with van der Waals surface area (Å²) in [5, 5.41) is 18.5. The fourth-order valence-electron chi connectivity index (χ4n) is 0.790. The van der Waals surface area contributed by atoms with E-state index in [1.54, 1.807) is 0 Å². The molecule has 0 aromatic carbocycles. The van der Waals surface area contributed by atoms with E-state index in [0.717, 1.165) is 0 Å². The Labute approximate surface area is 72.8 Å². The van der Waals surface area contributed by atoms with Crippen LogP contribution in [0, 0.1) is 10.1 Å². The molecule has 0 bridgehead atoms. The maximum absolute atomic E-state index is 10.2. The van der Waals surface area contributed by atoms with Crippen molar-refractivity contribution in [3.63, 3.8) is 0 Å². The number of carbonyl (C=O) groups is 1. The molecular formula is C6H7N3O4. The van der Waals surface area contributed by atoms with Crippen molar-refractivity contribution in [1.82, 2.24) is 9.55 Å². The molecule has 1 rings (SSSR count). The maximum atomic E-state index is 10.2. The van der Waals surface area contributed by atoms with Gasteiger partial charge in [-0.3, -0.25) is 4.79 Å². The Kier molecular flexibility index (Phi) is 2.58. The summed E-state index contributed by atoms with van der Waals surface area (Å²) < 4.78 is 1.37. The Morgan fingerprint density at radius 2 is 2.46 bits per heavy atom. The Hall–Kier alpha value is -1.92. The number of aliphatic carboxylic acids is 1. The van der Waals surface area contributed by atoms with Crippen molar-refractivity contribution in [1.29, 1.82) is 0 Å². The highest BCUT2D eigenvalue weighted by molar-refractivity contribution is 5.66. The summed E-state index contributed by atoms with van der Waals surface area (Å²) in [7, 11) is 0. The summed E-state index contributed by atoms with van der Waals surface area (Å²) in [6.07, 6.45) is 2.36. The number of hydrogen-bond acceptors (Lipinski definition) is 4. The van der Waals surface area contributed by atoms with Gasteiger partial charge in [0, 0.05) is 6.54 Å². The average molecular weight is 185 g/mol. The van der Waals surface area contributed by atoms with Crippen molar-refractivity contribution >= 4 is 11.8 Å². The standard InChI is InChI=1S/C6H7N3O4/c10-6(11)1-2-8-3-5(7-4-8)9(12)13/h3-4H,1-2H2,(H,10,11). The number of nitro groups is 1. The van der Waals surface area contributed by atoms with Crippen LogP contribution in [0.25, 0.3) is 0 Å². The fourth-order valence-corrected chi connectivity index (χ4v) is 0.790. The molecular weight excluding hydrogens is 178 g/mol. The van der Waals surface area contributed by atoms with E-state index in [4.69, 9.17) is 5.11 Å². The van der Waals surface area contributed by atoms with E-state index in [9.17, 15) is 14.9 Å². The first-order chi connectivity index (χ1) is 6.09. The Morgan fingerprint density at radius 1 is 1.77 bits per heavy atom. The van der Waals surface area contributed by atoms with E-state index in [0.29, 0.717) is 0 Å². The topological polar surface area (TPSA) is 98.3 Å². The van der Waals surface area contributed by atoms with Crippen LogP contribution in [0.2, 0.25) is 0 Å². The molecule has 13 heavy (non-hydrogen) atoms. The largest absolute Gasteiger partial charge is 0.481 e. The highest BCUT2D eigenvalue weighted by Gasteiger charge is 2.09. The summed E-state index contributed by atoms with van der Waals surface area (Å²) in [5.74, 6) is -1.22. The molecule has 7 nitrogen and oxygen atoms in total. The molecule has 1 N–H and O–H groups in total. The first-order valence-corrected chi connectivity index (χ1v) is 3.47. The van der Waals surface area contributed by atoms with Gasteiger partial charge in [0.15, 0.2) is 0 Å². The molecule has 7 heteroatoms. The third-order valence-electron chi connectivity index (χ3n) is 1.39. The second-order valence-corrected chi connectivity index (χ2v) is 2.37. The minimum Gasteiger partial charge on any atom is -0.481 e. The first-order valence-electron chi connectivity index (χ1n) is 3.47. The molecule has 70 valence electrons. The van der Waals surface area contributed by atoms with Gasteiger partial charge in [0.05, 0.1) is 6.42 Å². The zero-order chi connectivity index (χ0) is 9.84. The minimum absolute atomic E-state index is 0.0759. The molecule has 0 aliphatic heterocycles. The lowest BCUT2D eigenvalue weighted by molar-refractivity contribution is -0.389. The molecule has 0 saturated heterocycles. The van der Waals surface area contributed by atoms with Gasteiger partial charge in [0.1, 0.15) is 6.20 Å². The SMILES string of the molecule is O=C(O)CCn1cnc([N+](=O)[O-])c1. The summed E-state index contributed by atoms with van der Waals surface area (Å²) in [6, 6.07) is 0. The number of aromatic nitrogens is 2. The number of rotatable bonds is 4. The quantitative estimate of drug-likeness (QED) is 0.536. The number of imidazole rings is 1. The highest BCUT2D eigenvalue weighted by atomic mass is 16.6. The van der Waals surface area contributed by atoms with Gasteiger partial charge in [0.2, 0.25) is 6.33 Å². The first kappa shape index (κ1) is 9.17. The highest BCUT2D eigenvalue weighted by Crippen LogP contribution is 2.05. The maximum Gasteiger partial charge on any atom is 0.381 e. The normalized spacial score (nSPS) is 9.85. The van der Waals surface area contributed by atoms with Crippen molar-refractivity contribution < 1.29 is 14.8 Å². The van der Waals surface area contributed by atoms with E-state index >= 15 is 0 Å². The van der Waals surface area contributed by atoms with Gasteiger partial charge < -0.3 is 19.8 Å². The van der Waals surface area contributed by atoms with E-state index in [1.807, 2.05) is 0 Å². The van der Waals surface area contributed by atoms with Crippen molar-refractivity contribution in [3.05, 3.63) is 22.6 Å².